The van der Waals surface area contributed by atoms with Crippen LogP contribution in [0.4, 0.5) is 20.3 Å². The van der Waals surface area contributed by atoms with E-state index in [0.717, 1.165) is 42.9 Å². The highest BCUT2D eigenvalue weighted by atomic mass is 35.5. The number of amides is 1. The number of nitrogens with zero attached hydrogens (tertiary/aromatic N) is 4. The van der Waals surface area contributed by atoms with Crippen molar-refractivity contribution in [1.82, 2.24) is 9.29 Å². The Morgan fingerprint density at radius 3 is 2.54 bits per heavy atom. The van der Waals surface area contributed by atoms with E-state index < -0.39 is 11.8 Å². The van der Waals surface area contributed by atoms with Gasteiger partial charge in [0.2, 0.25) is 5.91 Å². The first kappa shape index (κ1) is 28.4. The largest absolute Gasteiger partial charge is 0.495 e. The Hall–Kier alpha value is -2.14. The second kappa shape index (κ2) is 12.2. The predicted octanol–water partition coefficient (Wildman–Crippen LogP) is 5.56. The summed E-state index contributed by atoms with van der Waals surface area (Å²) in [5, 5.41) is 0.108. The number of piperazine rings is 1. The predicted molar refractivity (Wildman–Crippen MR) is 152 cm³/mol. The first-order chi connectivity index (χ1) is 18.8. The summed E-state index contributed by atoms with van der Waals surface area (Å²) in [4.78, 5) is 21.7. The molecule has 0 radical (unpaired) electrons. The number of halogens is 3. The van der Waals surface area contributed by atoms with E-state index in [1.54, 1.807) is 24.0 Å². The molecule has 0 bridgehead atoms. The van der Waals surface area contributed by atoms with Crippen LogP contribution in [-0.4, -0.2) is 61.6 Å². The maximum Gasteiger partial charge on any atom is 0.276 e. The standard InChI is InChI=1S/C28H36ClF2N5O2S/c1-38-24-16-22(7-8-23(24)36-18-19(17-32)13-27(36)37)39-35-11-9-34(10-12-35)26-15-21(14-25(29)33-26)28(30,31)20-5-3-2-4-6-20/h7-8,14-16,19-20H,2-6,9-13,17-18,32H2,1H3/t19-/m1/s1. The van der Waals surface area contributed by atoms with Crippen molar-refractivity contribution in [2.75, 3.05) is 56.2 Å². The van der Waals surface area contributed by atoms with Crippen LogP contribution in [0.5, 0.6) is 5.75 Å². The Balaban J connectivity index is 1.22. The summed E-state index contributed by atoms with van der Waals surface area (Å²) in [6.07, 6.45) is 4.29. The molecule has 7 nitrogen and oxygen atoms in total. The Kier molecular flexibility index (Phi) is 8.85. The molecule has 1 aromatic carbocycles. The van der Waals surface area contributed by atoms with E-state index in [2.05, 4.69) is 9.29 Å². The number of methoxy groups -OCH3 is 1. The average Bonchev–Trinajstić information content (AvgIpc) is 3.33. The van der Waals surface area contributed by atoms with E-state index in [9.17, 15) is 4.79 Å². The second-order valence-electron chi connectivity index (χ2n) is 10.6. The molecule has 11 heteroatoms. The molecule has 3 aliphatic rings. The van der Waals surface area contributed by atoms with Gasteiger partial charge in [0.15, 0.2) is 0 Å². The van der Waals surface area contributed by atoms with Crippen LogP contribution in [0.25, 0.3) is 0 Å². The molecule has 3 fully saturated rings. The van der Waals surface area contributed by atoms with Crippen molar-refractivity contribution in [3.8, 4) is 5.75 Å². The number of nitrogens with two attached hydrogens (primary N) is 1. The second-order valence-corrected chi connectivity index (χ2v) is 12.2. The molecule has 1 aromatic heterocycles. The SMILES string of the molecule is COc1cc(SN2CCN(c3cc(C(F)(F)C4CCCCC4)cc(Cl)n3)CC2)ccc1N1C[C@@H](CN)CC1=O. The van der Waals surface area contributed by atoms with Gasteiger partial charge in [-0.05, 0) is 67.6 Å². The van der Waals surface area contributed by atoms with E-state index in [1.807, 2.05) is 23.1 Å². The molecule has 0 unspecified atom stereocenters. The average molecular weight is 580 g/mol. The zero-order valence-corrected chi connectivity index (χ0v) is 23.8. The quantitative estimate of drug-likeness (QED) is 0.324. The molecule has 1 aliphatic carbocycles. The third kappa shape index (κ3) is 6.29. The van der Waals surface area contributed by atoms with E-state index in [0.29, 0.717) is 57.0 Å². The van der Waals surface area contributed by atoms with Gasteiger partial charge in [-0.3, -0.25) is 4.79 Å². The minimum Gasteiger partial charge on any atom is -0.495 e. The molecule has 5 rings (SSSR count). The summed E-state index contributed by atoms with van der Waals surface area (Å²) in [6, 6.07) is 8.73. The number of hydrogen-bond acceptors (Lipinski definition) is 7. The fourth-order valence-corrected chi connectivity index (χ4v) is 6.94. The monoisotopic (exact) mass is 579 g/mol. The van der Waals surface area contributed by atoms with Crippen molar-refractivity contribution in [2.45, 2.75) is 49.3 Å². The van der Waals surface area contributed by atoms with Gasteiger partial charge in [0.05, 0.1) is 12.8 Å². The Labute approximate surface area is 238 Å². The summed E-state index contributed by atoms with van der Waals surface area (Å²) in [5.41, 5.74) is 6.52. The van der Waals surface area contributed by atoms with Gasteiger partial charge >= 0.3 is 0 Å². The summed E-state index contributed by atoms with van der Waals surface area (Å²) >= 11 is 7.85. The lowest BCUT2D eigenvalue weighted by atomic mass is 9.82. The third-order valence-corrected chi connectivity index (χ3v) is 9.34. The van der Waals surface area contributed by atoms with Crippen LogP contribution in [0, 0.1) is 11.8 Å². The molecular weight excluding hydrogens is 544 g/mol. The lowest BCUT2D eigenvalue weighted by Crippen LogP contribution is -2.44. The zero-order valence-electron chi connectivity index (χ0n) is 22.3. The number of aromatic nitrogens is 1. The third-order valence-electron chi connectivity index (χ3n) is 8.06. The topological polar surface area (TPSA) is 74.9 Å². The van der Waals surface area contributed by atoms with Gasteiger partial charge in [0.1, 0.15) is 16.7 Å². The molecule has 3 heterocycles. The van der Waals surface area contributed by atoms with Crippen molar-refractivity contribution in [1.29, 1.82) is 0 Å². The van der Waals surface area contributed by atoms with Gasteiger partial charge in [0, 0.05) is 55.5 Å². The van der Waals surface area contributed by atoms with Crippen LogP contribution in [0.1, 0.15) is 44.1 Å². The lowest BCUT2D eigenvalue weighted by Gasteiger charge is -2.35. The Morgan fingerprint density at radius 2 is 1.87 bits per heavy atom. The first-order valence-electron chi connectivity index (χ1n) is 13.7. The molecule has 2 N–H and O–H groups in total. The maximum absolute atomic E-state index is 15.4. The molecule has 0 spiro atoms. The molecule has 2 aliphatic heterocycles. The van der Waals surface area contributed by atoms with Gasteiger partial charge in [-0.1, -0.05) is 30.9 Å². The van der Waals surface area contributed by atoms with Crippen molar-refractivity contribution in [3.63, 3.8) is 0 Å². The van der Waals surface area contributed by atoms with Crippen LogP contribution in [0.15, 0.2) is 35.2 Å². The van der Waals surface area contributed by atoms with Gasteiger partial charge in [-0.15, -0.1) is 0 Å². The number of carbonyl (C=O) groups excluding carboxylic acids is 1. The fraction of sp³-hybridized carbons (Fsp3) is 0.571. The molecule has 1 saturated carbocycles. The molecule has 1 atom stereocenters. The number of alkyl halides is 2. The zero-order chi connectivity index (χ0) is 27.6. The van der Waals surface area contributed by atoms with Gasteiger partial charge in [0.25, 0.3) is 5.92 Å². The molecule has 39 heavy (non-hydrogen) atoms. The number of pyridine rings is 1. The first-order valence-corrected chi connectivity index (χ1v) is 14.9. The van der Waals surface area contributed by atoms with Gasteiger partial charge < -0.3 is 20.3 Å². The van der Waals surface area contributed by atoms with Crippen LogP contribution in [0.3, 0.4) is 0 Å². The highest BCUT2D eigenvalue weighted by molar-refractivity contribution is 7.97. The Bertz CT molecular complexity index is 1170. The van der Waals surface area contributed by atoms with E-state index in [4.69, 9.17) is 22.1 Å². The Morgan fingerprint density at radius 1 is 1.13 bits per heavy atom. The van der Waals surface area contributed by atoms with E-state index in [-0.39, 0.29) is 22.5 Å². The highest BCUT2D eigenvalue weighted by Gasteiger charge is 2.42. The number of anilines is 2. The highest BCUT2D eigenvalue weighted by Crippen LogP contribution is 2.45. The van der Waals surface area contributed by atoms with Crippen molar-refractivity contribution >= 4 is 41.0 Å². The van der Waals surface area contributed by atoms with Crippen LogP contribution >= 0.6 is 23.5 Å². The number of carbonyl (C=O) groups is 1. The van der Waals surface area contributed by atoms with E-state index >= 15 is 8.78 Å². The summed E-state index contributed by atoms with van der Waals surface area (Å²) in [7, 11) is 1.61. The number of rotatable bonds is 8. The van der Waals surface area contributed by atoms with Crippen molar-refractivity contribution in [2.24, 2.45) is 17.6 Å². The summed E-state index contributed by atoms with van der Waals surface area (Å²) < 4.78 is 38.6. The van der Waals surface area contributed by atoms with E-state index in [1.165, 1.54) is 12.1 Å². The van der Waals surface area contributed by atoms with Crippen molar-refractivity contribution in [3.05, 3.63) is 41.0 Å². The number of hydrogen-bond donors (Lipinski definition) is 1. The summed E-state index contributed by atoms with van der Waals surface area (Å²) in [5.74, 6) is -2.16. The van der Waals surface area contributed by atoms with Crippen LogP contribution < -0.4 is 20.3 Å². The van der Waals surface area contributed by atoms with Crippen molar-refractivity contribution < 1.29 is 18.3 Å². The number of ether oxygens (including phenoxy) is 1. The lowest BCUT2D eigenvalue weighted by molar-refractivity contribution is -0.117. The molecule has 2 saturated heterocycles. The normalized spacial score (nSPS) is 21.6. The van der Waals surface area contributed by atoms with Gasteiger partial charge in [-0.25, -0.2) is 18.1 Å². The summed E-state index contributed by atoms with van der Waals surface area (Å²) in [6.45, 7) is 3.82. The minimum absolute atomic E-state index is 0.0253. The van der Waals surface area contributed by atoms with Gasteiger partial charge in [-0.2, -0.15) is 0 Å². The van der Waals surface area contributed by atoms with Crippen LogP contribution in [-0.2, 0) is 10.7 Å². The molecule has 212 valence electrons. The smallest absolute Gasteiger partial charge is 0.276 e. The van der Waals surface area contributed by atoms with Crippen LogP contribution in [0.2, 0.25) is 5.15 Å². The fourth-order valence-electron chi connectivity index (χ4n) is 5.81. The number of benzene rings is 1. The maximum atomic E-state index is 15.4. The molecule has 1 amide bonds. The molecular formula is C28H36ClF2N5O2S. The molecule has 2 aromatic rings. The minimum atomic E-state index is -2.91.